The van der Waals surface area contributed by atoms with Crippen LogP contribution in [0.1, 0.15) is 35.2 Å². The summed E-state index contributed by atoms with van der Waals surface area (Å²) in [4.78, 5) is 0. The van der Waals surface area contributed by atoms with Gasteiger partial charge in [0.2, 0.25) is 0 Å². The molecule has 2 heteroatoms. The summed E-state index contributed by atoms with van der Waals surface area (Å²) in [6, 6.07) is 14.9. The minimum absolute atomic E-state index is 0.225. The van der Waals surface area contributed by atoms with Crippen molar-refractivity contribution in [1.82, 2.24) is 5.32 Å². The van der Waals surface area contributed by atoms with Gasteiger partial charge in [0.05, 0.1) is 6.04 Å². The molecule has 0 aliphatic heterocycles. The smallest absolute Gasteiger partial charge is 0.0581 e. The average Bonchev–Trinajstić information content (AvgIpc) is 2.38. The SMILES string of the molecule is CCNC(c1ccccc1C)c1ccc(Cl)cc1C. The van der Waals surface area contributed by atoms with Crippen molar-refractivity contribution >= 4 is 11.6 Å². The first kappa shape index (κ1) is 14.1. The lowest BCUT2D eigenvalue weighted by atomic mass is 9.92. The van der Waals surface area contributed by atoms with Gasteiger partial charge >= 0.3 is 0 Å². The molecular weight excluding hydrogens is 254 g/mol. The van der Waals surface area contributed by atoms with E-state index in [4.69, 9.17) is 11.6 Å². The van der Waals surface area contributed by atoms with Gasteiger partial charge in [0.1, 0.15) is 0 Å². The van der Waals surface area contributed by atoms with E-state index in [1.165, 1.54) is 22.3 Å². The van der Waals surface area contributed by atoms with Crippen molar-refractivity contribution in [2.24, 2.45) is 0 Å². The van der Waals surface area contributed by atoms with E-state index >= 15 is 0 Å². The quantitative estimate of drug-likeness (QED) is 0.855. The lowest BCUT2D eigenvalue weighted by Crippen LogP contribution is -2.23. The molecule has 0 bridgehead atoms. The molecule has 2 rings (SSSR count). The van der Waals surface area contributed by atoms with E-state index in [2.05, 4.69) is 56.4 Å². The van der Waals surface area contributed by atoms with Gasteiger partial charge in [0, 0.05) is 5.02 Å². The lowest BCUT2D eigenvalue weighted by molar-refractivity contribution is 0.625. The highest BCUT2D eigenvalue weighted by atomic mass is 35.5. The molecule has 0 saturated carbocycles. The van der Waals surface area contributed by atoms with Crippen molar-refractivity contribution in [3.8, 4) is 0 Å². The zero-order chi connectivity index (χ0) is 13.8. The summed E-state index contributed by atoms with van der Waals surface area (Å²) in [5, 5.41) is 4.37. The molecule has 100 valence electrons. The summed E-state index contributed by atoms with van der Waals surface area (Å²) in [5.74, 6) is 0. The number of aryl methyl sites for hydroxylation is 2. The monoisotopic (exact) mass is 273 g/mol. The number of halogens is 1. The van der Waals surface area contributed by atoms with Gasteiger partial charge in [-0.05, 0) is 54.8 Å². The maximum Gasteiger partial charge on any atom is 0.0581 e. The molecule has 1 atom stereocenters. The second-order valence-corrected chi connectivity index (χ2v) is 5.28. The Morgan fingerprint density at radius 1 is 1.00 bits per heavy atom. The molecule has 2 aromatic rings. The van der Waals surface area contributed by atoms with Crippen LogP contribution in [0.3, 0.4) is 0 Å². The van der Waals surface area contributed by atoms with Crippen LogP contribution in [0.2, 0.25) is 5.02 Å². The Morgan fingerprint density at radius 2 is 1.68 bits per heavy atom. The highest BCUT2D eigenvalue weighted by Crippen LogP contribution is 2.28. The van der Waals surface area contributed by atoms with Crippen molar-refractivity contribution in [2.75, 3.05) is 6.54 Å². The minimum Gasteiger partial charge on any atom is -0.307 e. The molecule has 0 aromatic heterocycles. The van der Waals surface area contributed by atoms with E-state index in [1.807, 2.05) is 12.1 Å². The maximum absolute atomic E-state index is 6.06. The first-order chi connectivity index (χ1) is 9.13. The number of benzene rings is 2. The van der Waals surface area contributed by atoms with Gasteiger partial charge in [-0.15, -0.1) is 0 Å². The van der Waals surface area contributed by atoms with Crippen LogP contribution in [0.4, 0.5) is 0 Å². The second kappa shape index (κ2) is 6.23. The fourth-order valence-electron chi connectivity index (χ4n) is 2.47. The van der Waals surface area contributed by atoms with Crippen LogP contribution in [-0.2, 0) is 0 Å². The average molecular weight is 274 g/mol. The van der Waals surface area contributed by atoms with Gasteiger partial charge in [0.15, 0.2) is 0 Å². The molecule has 0 aliphatic carbocycles. The molecule has 1 nitrogen and oxygen atoms in total. The number of hydrogen-bond acceptors (Lipinski definition) is 1. The van der Waals surface area contributed by atoms with Crippen molar-refractivity contribution in [3.63, 3.8) is 0 Å². The molecule has 1 N–H and O–H groups in total. The van der Waals surface area contributed by atoms with Gasteiger partial charge in [-0.3, -0.25) is 0 Å². The predicted octanol–water partition coefficient (Wildman–Crippen LogP) is 4.66. The molecular formula is C17H20ClN. The number of rotatable bonds is 4. The first-order valence-electron chi connectivity index (χ1n) is 6.68. The van der Waals surface area contributed by atoms with Crippen molar-refractivity contribution in [1.29, 1.82) is 0 Å². The first-order valence-corrected chi connectivity index (χ1v) is 7.06. The van der Waals surface area contributed by atoms with Crippen LogP contribution in [0, 0.1) is 13.8 Å². The number of nitrogens with one attached hydrogen (secondary N) is 1. The third kappa shape index (κ3) is 3.17. The van der Waals surface area contributed by atoms with Crippen LogP contribution in [0.15, 0.2) is 42.5 Å². The van der Waals surface area contributed by atoms with Crippen LogP contribution in [0.5, 0.6) is 0 Å². The van der Waals surface area contributed by atoms with Crippen LogP contribution < -0.4 is 5.32 Å². The fraction of sp³-hybridized carbons (Fsp3) is 0.294. The lowest BCUT2D eigenvalue weighted by Gasteiger charge is -2.22. The van der Waals surface area contributed by atoms with E-state index in [1.54, 1.807) is 0 Å². The molecule has 19 heavy (non-hydrogen) atoms. The van der Waals surface area contributed by atoms with E-state index in [0.717, 1.165) is 11.6 Å². The predicted molar refractivity (Wildman–Crippen MR) is 82.9 cm³/mol. The topological polar surface area (TPSA) is 12.0 Å². The summed E-state index contributed by atoms with van der Waals surface area (Å²) in [6.45, 7) is 7.34. The van der Waals surface area contributed by atoms with Gasteiger partial charge in [-0.2, -0.15) is 0 Å². The van der Waals surface area contributed by atoms with Gasteiger partial charge in [-0.25, -0.2) is 0 Å². The maximum atomic E-state index is 6.06. The molecule has 1 unspecified atom stereocenters. The zero-order valence-electron chi connectivity index (χ0n) is 11.7. The second-order valence-electron chi connectivity index (χ2n) is 4.85. The molecule has 2 aromatic carbocycles. The third-order valence-corrected chi connectivity index (χ3v) is 3.69. The summed E-state index contributed by atoms with van der Waals surface area (Å²) in [6.07, 6.45) is 0. The Hall–Kier alpha value is -1.31. The third-order valence-electron chi connectivity index (χ3n) is 3.45. The molecule has 0 radical (unpaired) electrons. The number of hydrogen-bond donors (Lipinski definition) is 1. The van der Waals surface area contributed by atoms with E-state index in [9.17, 15) is 0 Å². The fourth-order valence-corrected chi connectivity index (χ4v) is 2.69. The van der Waals surface area contributed by atoms with Crippen LogP contribution >= 0.6 is 11.6 Å². The Morgan fingerprint density at radius 3 is 2.32 bits per heavy atom. The summed E-state index contributed by atoms with van der Waals surface area (Å²) in [5.41, 5.74) is 5.15. The van der Waals surface area contributed by atoms with Gasteiger partial charge < -0.3 is 5.32 Å². The summed E-state index contributed by atoms with van der Waals surface area (Å²) >= 11 is 6.06. The van der Waals surface area contributed by atoms with Crippen molar-refractivity contribution in [3.05, 3.63) is 69.7 Å². The minimum atomic E-state index is 0.225. The Labute approximate surface area is 120 Å². The van der Waals surface area contributed by atoms with Crippen molar-refractivity contribution < 1.29 is 0 Å². The summed E-state index contributed by atoms with van der Waals surface area (Å²) in [7, 11) is 0. The highest BCUT2D eigenvalue weighted by molar-refractivity contribution is 6.30. The van der Waals surface area contributed by atoms with Crippen LogP contribution in [-0.4, -0.2) is 6.54 Å². The van der Waals surface area contributed by atoms with Crippen LogP contribution in [0.25, 0.3) is 0 Å². The zero-order valence-corrected chi connectivity index (χ0v) is 12.5. The molecule has 0 amide bonds. The molecule has 0 spiro atoms. The van der Waals surface area contributed by atoms with E-state index < -0.39 is 0 Å². The van der Waals surface area contributed by atoms with Crippen molar-refractivity contribution in [2.45, 2.75) is 26.8 Å². The van der Waals surface area contributed by atoms with E-state index in [0.29, 0.717) is 0 Å². The molecule has 0 heterocycles. The van der Waals surface area contributed by atoms with Gasteiger partial charge in [0.25, 0.3) is 0 Å². The molecule has 0 saturated heterocycles. The Kier molecular flexibility index (Phi) is 4.62. The Bertz CT molecular complexity index is 563. The summed E-state index contributed by atoms with van der Waals surface area (Å²) < 4.78 is 0. The molecule has 0 fully saturated rings. The van der Waals surface area contributed by atoms with E-state index in [-0.39, 0.29) is 6.04 Å². The molecule has 0 aliphatic rings. The normalized spacial score (nSPS) is 12.4. The Balaban J connectivity index is 2.48. The largest absolute Gasteiger partial charge is 0.307 e. The standard InChI is InChI=1S/C17H20ClN/c1-4-19-17(15-8-6-5-7-12(15)2)16-10-9-14(18)11-13(16)3/h5-11,17,19H,4H2,1-3H3. The van der Waals surface area contributed by atoms with Gasteiger partial charge in [-0.1, -0.05) is 48.9 Å². The highest BCUT2D eigenvalue weighted by Gasteiger charge is 2.16.